The van der Waals surface area contributed by atoms with Crippen LogP contribution in [-0.2, 0) is 44.6 Å². The van der Waals surface area contributed by atoms with Gasteiger partial charge in [-0.3, -0.25) is 0 Å². The minimum atomic E-state index is 0.298. The summed E-state index contributed by atoms with van der Waals surface area (Å²) in [4.78, 5) is 0. The first kappa shape index (κ1) is 55.2. The lowest BCUT2D eigenvalue weighted by Crippen LogP contribution is -2.15. The van der Waals surface area contributed by atoms with E-state index in [2.05, 4.69) is 72.8 Å². The minimum absolute atomic E-state index is 0.298. The summed E-state index contributed by atoms with van der Waals surface area (Å²) in [6.45, 7) is 6.51. The van der Waals surface area contributed by atoms with Gasteiger partial charge in [0.25, 0.3) is 0 Å². The molecule has 4 aromatic rings. The van der Waals surface area contributed by atoms with Gasteiger partial charge in [-0.1, -0.05) is 163 Å². The zero-order valence-corrected chi connectivity index (χ0v) is 42.5. The fraction of sp³-hybridized carbons (Fsp3) is 0.600. The summed E-state index contributed by atoms with van der Waals surface area (Å²) in [5.41, 5.74) is 8.97. The largest absolute Gasteiger partial charge is 0.493 e. The van der Waals surface area contributed by atoms with Crippen molar-refractivity contribution in [2.24, 2.45) is 0 Å². The number of hydrogen-bond acceptors (Lipinski definition) is 10. The fourth-order valence-electron chi connectivity index (χ4n) is 9.65. The van der Waals surface area contributed by atoms with Crippen molar-refractivity contribution in [3.8, 4) is 23.0 Å². The maximum atomic E-state index is 9.11. The first-order chi connectivity index (χ1) is 34.7. The smallest absolute Gasteiger partial charge is 0.126 e. The Morgan fingerprint density at radius 2 is 0.543 bits per heavy atom. The second-order valence-electron chi connectivity index (χ2n) is 19.0. The van der Waals surface area contributed by atoms with Crippen LogP contribution in [0, 0.1) is 0 Å². The van der Waals surface area contributed by atoms with E-state index in [9.17, 15) is 0 Å². The van der Waals surface area contributed by atoms with Crippen LogP contribution in [0.3, 0.4) is 0 Å². The number of ether oxygens (including phenoxy) is 8. The van der Waals surface area contributed by atoms with Gasteiger partial charge in [-0.15, -0.1) is 0 Å². The molecule has 386 valence electrons. The van der Waals surface area contributed by atoms with Crippen molar-refractivity contribution in [3.63, 3.8) is 0 Å². The molecule has 2 aliphatic rings. The number of hydrogen-bond donors (Lipinski definition) is 2. The summed E-state index contributed by atoms with van der Waals surface area (Å²) in [5, 5.41) is 18.2. The predicted molar refractivity (Wildman–Crippen MR) is 280 cm³/mol. The molecule has 0 amide bonds. The molecular weight excluding hydrogens is 881 g/mol. The average Bonchev–Trinajstić information content (AvgIpc) is 3.36. The van der Waals surface area contributed by atoms with Crippen molar-refractivity contribution in [1.82, 2.24) is 0 Å². The molecule has 1 aliphatic carbocycles. The van der Waals surface area contributed by atoms with Gasteiger partial charge < -0.3 is 48.1 Å². The molecular formula is C60H86O10. The van der Waals surface area contributed by atoms with Gasteiger partial charge in [0.2, 0.25) is 0 Å². The summed E-state index contributed by atoms with van der Waals surface area (Å²) < 4.78 is 51.1. The Balaban J connectivity index is 1.31. The molecule has 10 bridgehead atoms. The van der Waals surface area contributed by atoms with E-state index < -0.39 is 0 Å². The maximum absolute atomic E-state index is 9.11. The molecule has 0 aromatic heterocycles. The number of aliphatic hydroxyl groups is 2. The molecule has 6 rings (SSSR count). The van der Waals surface area contributed by atoms with E-state index in [-0.39, 0.29) is 0 Å². The first-order valence-corrected chi connectivity index (χ1v) is 27.2. The van der Waals surface area contributed by atoms with E-state index in [4.69, 9.17) is 48.1 Å². The Kier molecular flexibility index (Phi) is 27.0. The Bertz CT molecular complexity index is 1790. The van der Waals surface area contributed by atoms with Gasteiger partial charge in [0, 0.05) is 38.9 Å². The number of fused-ring (bicyclic) bond motifs is 2. The lowest BCUT2D eigenvalue weighted by atomic mass is 9.91. The molecule has 1 heterocycles. The SMILES string of the molecule is OCCCCCCCCCCCOc1c2cccc1Cc1cccc3c1OCCOCCOCCOCCOCCOc1c(cccc1Cc1cccc(c1OCCCCCCCCCCCO)C3)C2. The van der Waals surface area contributed by atoms with Gasteiger partial charge >= 0.3 is 0 Å². The fourth-order valence-corrected chi connectivity index (χ4v) is 9.65. The lowest BCUT2D eigenvalue weighted by Gasteiger charge is -2.23. The van der Waals surface area contributed by atoms with Gasteiger partial charge in [-0.05, 0) is 70.2 Å². The van der Waals surface area contributed by atoms with Crippen LogP contribution < -0.4 is 18.9 Å². The lowest BCUT2D eigenvalue weighted by molar-refractivity contribution is -0.00706. The third kappa shape index (κ3) is 19.8. The van der Waals surface area contributed by atoms with Gasteiger partial charge in [0.1, 0.15) is 36.2 Å². The Labute approximate surface area is 420 Å². The van der Waals surface area contributed by atoms with Crippen LogP contribution in [0.5, 0.6) is 23.0 Å². The van der Waals surface area contributed by atoms with Crippen molar-refractivity contribution in [1.29, 1.82) is 0 Å². The van der Waals surface area contributed by atoms with Crippen LogP contribution in [0.25, 0.3) is 0 Å². The van der Waals surface area contributed by atoms with Crippen LogP contribution in [0.2, 0.25) is 0 Å². The predicted octanol–water partition coefficient (Wildman–Crippen LogP) is 12.0. The van der Waals surface area contributed by atoms with Crippen LogP contribution in [0.1, 0.15) is 160 Å². The molecule has 0 unspecified atom stereocenters. The zero-order chi connectivity index (χ0) is 48.5. The third-order valence-electron chi connectivity index (χ3n) is 13.4. The van der Waals surface area contributed by atoms with Crippen molar-refractivity contribution < 1.29 is 48.1 Å². The van der Waals surface area contributed by atoms with Gasteiger partial charge in [-0.25, -0.2) is 0 Å². The van der Waals surface area contributed by atoms with Crippen LogP contribution in [0.15, 0.2) is 72.8 Å². The summed E-state index contributed by atoms with van der Waals surface area (Å²) in [6.07, 6.45) is 23.2. The summed E-state index contributed by atoms with van der Waals surface area (Å²) in [5.74, 6) is 3.67. The highest BCUT2D eigenvalue weighted by Gasteiger charge is 2.22. The van der Waals surface area contributed by atoms with E-state index in [1.807, 2.05) is 0 Å². The molecule has 10 nitrogen and oxygen atoms in total. The average molecular weight is 967 g/mol. The number of unbranched alkanes of at least 4 members (excludes halogenated alkanes) is 16. The number of aliphatic hydroxyl groups excluding tert-OH is 2. The monoisotopic (exact) mass is 967 g/mol. The number of rotatable bonds is 24. The Hall–Kier alpha value is -4.16. The molecule has 70 heavy (non-hydrogen) atoms. The van der Waals surface area contributed by atoms with Gasteiger partial charge in [-0.2, -0.15) is 0 Å². The van der Waals surface area contributed by atoms with Gasteiger partial charge in [0.05, 0.1) is 66.1 Å². The highest BCUT2D eigenvalue weighted by Crippen LogP contribution is 2.39. The van der Waals surface area contributed by atoms with Crippen LogP contribution in [-0.4, -0.2) is 103 Å². The molecule has 0 atom stereocenters. The molecule has 0 fully saturated rings. The molecule has 0 saturated heterocycles. The Morgan fingerprint density at radius 3 is 0.829 bits per heavy atom. The minimum Gasteiger partial charge on any atom is -0.493 e. The number of benzene rings is 4. The van der Waals surface area contributed by atoms with Crippen molar-refractivity contribution >= 4 is 0 Å². The summed E-state index contributed by atoms with van der Waals surface area (Å²) >= 11 is 0. The van der Waals surface area contributed by atoms with E-state index >= 15 is 0 Å². The molecule has 0 spiro atoms. The van der Waals surface area contributed by atoms with Crippen molar-refractivity contribution in [3.05, 3.63) is 117 Å². The number of para-hydroxylation sites is 4. The molecule has 0 saturated carbocycles. The second kappa shape index (κ2) is 34.2. The van der Waals surface area contributed by atoms with Crippen LogP contribution >= 0.6 is 0 Å². The summed E-state index contributed by atoms with van der Waals surface area (Å²) in [6, 6.07) is 26.3. The molecule has 10 heteroatoms. The zero-order valence-electron chi connectivity index (χ0n) is 42.5. The first-order valence-electron chi connectivity index (χ1n) is 27.2. The highest BCUT2D eigenvalue weighted by molar-refractivity contribution is 5.56. The topological polar surface area (TPSA) is 114 Å². The van der Waals surface area contributed by atoms with E-state index in [0.29, 0.717) is 118 Å². The van der Waals surface area contributed by atoms with Crippen molar-refractivity contribution in [2.75, 3.05) is 92.5 Å². The highest BCUT2D eigenvalue weighted by atomic mass is 16.6. The maximum Gasteiger partial charge on any atom is 0.126 e. The third-order valence-corrected chi connectivity index (χ3v) is 13.4. The quantitative estimate of drug-likeness (QED) is 0.0580. The second-order valence-corrected chi connectivity index (χ2v) is 19.0. The summed E-state index contributed by atoms with van der Waals surface area (Å²) in [7, 11) is 0. The Morgan fingerprint density at radius 1 is 0.300 bits per heavy atom. The van der Waals surface area contributed by atoms with Crippen molar-refractivity contribution in [2.45, 2.75) is 141 Å². The molecule has 4 aromatic carbocycles. The van der Waals surface area contributed by atoms with E-state index in [1.165, 1.54) is 64.2 Å². The molecule has 0 radical (unpaired) electrons. The molecule has 1 aliphatic heterocycles. The normalized spacial score (nSPS) is 15.2. The van der Waals surface area contributed by atoms with Crippen LogP contribution in [0.4, 0.5) is 0 Å². The van der Waals surface area contributed by atoms with Gasteiger partial charge in [0.15, 0.2) is 0 Å². The molecule has 2 N–H and O–H groups in total. The van der Waals surface area contributed by atoms with E-state index in [0.717, 1.165) is 119 Å². The van der Waals surface area contributed by atoms with E-state index in [1.54, 1.807) is 0 Å². The standard InChI is InChI=1S/C60H86O10/c61-31-15-11-7-3-1-5-9-13-17-33-67-57-49-23-19-24-50(57)46-54-28-22-30-56-48-52-26-20-25-51(58(52)68-34-18-14-10-6-2-4-8-12-16-32-62)47-55-29-21-27-53(45-49)59(55)69-43-41-65-39-37-63-35-36-64-38-40-66-42-44-70-60(54)56/h19-30,61-62H,1-18,31-48H2.